The first-order valence-electron chi connectivity index (χ1n) is 23.7. The molecular weight excluding hydrogens is 707 g/mol. The third-order valence-electron chi connectivity index (χ3n) is 10.4. The van der Waals surface area contributed by atoms with Crippen molar-refractivity contribution < 1.29 is 24.5 Å². The Bertz CT molecular complexity index is 1070. The lowest BCUT2D eigenvalue weighted by Gasteiger charge is -2.24. The number of amides is 1. The van der Waals surface area contributed by atoms with Gasteiger partial charge in [0.05, 0.1) is 25.2 Å². The summed E-state index contributed by atoms with van der Waals surface area (Å²) < 4.78 is 5.88. The minimum atomic E-state index is -0.796. The normalized spacial score (nSPS) is 14.0. The highest BCUT2D eigenvalue weighted by molar-refractivity contribution is 5.77. The molecule has 0 aliphatic heterocycles. The van der Waals surface area contributed by atoms with Gasteiger partial charge in [-0.15, -0.1) is 0 Å². The van der Waals surface area contributed by atoms with Gasteiger partial charge in [0.25, 0.3) is 0 Å². The topological polar surface area (TPSA) is 95.9 Å². The van der Waals surface area contributed by atoms with Crippen molar-refractivity contribution in [3.8, 4) is 0 Å². The first kappa shape index (κ1) is 54.3. The van der Waals surface area contributed by atoms with Crippen LogP contribution in [0, 0.1) is 0 Å². The van der Waals surface area contributed by atoms with Gasteiger partial charge in [-0.2, -0.15) is 0 Å². The Balaban J connectivity index is 4.58. The van der Waals surface area contributed by atoms with E-state index in [1.54, 1.807) is 0 Å². The van der Waals surface area contributed by atoms with Gasteiger partial charge < -0.3 is 20.3 Å². The fourth-order valence-corrected chi connectivity index (χ4v) is 6.73. The third kappa shape index (κ3) is 39.9. The summed E-state index contributed by atoms with van der Waals surface area (Å²) in [6.45, 7) is 6.32. The number of ether oxygens (including phenoxy) is 1. The minimum Gasteiger partial charge on any atom is -0.462 e. The van der Waals surface area contributed by atoms with Crippen molar-refractivity contribution in [2.24, 2.45) is 0 Å². The summed E-state index contributed by atoms with van der Waals surface area (Å²) in [4.78, 5) is 26.0. The quantitative estimate of drug-likeness (QED) is 0.0248. The van der Waals surface area contributed by atoms with E-state index < -0.39 is 18.2 Å². The van der Waals surface area contributed by atoms with Crippen LogP contribution in [0.3, 0.4) is 0 Å². The molecule has 0 fully saturated rings. The van der Waals surface area contributed by atoms with E-state index in [0.717, 1.165) is 96.3 Å². The molecule has 0 aromatic rings. The minimum absolute atomic E-state index is 0.0527. The zero-order chi connectivity index (χ0) is 41.7. The van der Waals surface area contributed by atoms with Crippen LogP contribution < -0.4 is 5.32 Å². The van der Waals surface area contributed by atoms with E-state index in [9.17, 15) is 19.8 Å². The predicted octanol–water partition coefficient (Wildman–Crippen LogP) is 13.8. The van der Waals surface area contributed by atoms with E-state index >= 15 is 0 Å². The lowest BCUT2D eigenvalue weighted by molar-refractivity contribution is -0.151. The summed E-state index contributed by atoms with van der Waals surface area (Å²) in [6.07, 6.45) is 55.3. The van der Waals surface area contributed by atoms with Gasteiger partial charge in [-0.05, 0) is 64.2 Å². The summed E-state index contributed by atoms with van der Waals surface area (Å²) in [5.41, 5.74) is 0. The molecule has 0 spiro atoms. The molecule has 328 valence electrons. The van der Waals surface area contributed by atoms with E-state index in [-0.39, 0.29) is 24.9 Å². The Hall–Kier alpha value is -2.70. The van der Waals surface area contributed by atoms with Crippen LogP contribution in [0.2, 0.25) is 0 Å². The number of aliphatic hydroxyl groups excluding tert-OH is 2. The smallest absolute Gasteiger partial charge is 0.306 e. The number of carbonyl (C=O) groups is 2. The van der Waals surface area contributed by atoms with E-state index in [2.05, 4.69) is 74.7 Å². The molecular formula is C51H89NO5. The van der Waals surface area contributed by atoms with Gasteiger partial charge in [0.1, 0.15) is 6.10 Å². The standard InChI is InChI=1S/C51H89NO5/c1-4-7-10-13-16-19-21-22-23-24-25-26-27-29-32-35-38-41-44-51(56)57-47(42-39-36-33-30-18-15-12-9-6-3)45-50(55)52-48(46-53)49(54)43-40-37-34-31-28-20-17-14-11-8-5-2/h10,13,15-16,18-19,21-26,47-49,53-54H,4-9,11-12,14,17,20,27-46H2,1-3H3,(H,52,55)/b13-10+,18-15-,19-16+,22-21+,24-23+,26-25+. The van der Waals surface area contributed by atoms with Crippen molar-refractivity contribution >= 4 is 11.9 Å². The second-order valence-electron chi connectivity index (χ2n) is 15.9. The maximum absolute atomic E-state index is 13.1. The van der Waals surface area contributed by atoms with Crippen molar-refractivity contribution in [1.82, 2.24) is 5.32 Å². The second-order valence-corrected chi connectivity index (χ2v) is 15.9. The highest BCUT2D eigenvalue weighted by Crippen LogP contribution is 2.17. The number of unbranched alkanes of at least 4 members (excludes halogenated alkanes) is 21. The number of carbonyl (C=O) groups excluding carboxylic acids is 2. The van der Waals surface area contributed by atoms with E-state index in [0.29, 0.717) is 19.3 Å². The molecule has 0 rings (SSSR count). The lowest BCUT2D eigenvalue weighted by atomic mass is 10.0. The van der Waals surface area contributed by atoms with Gasteiger partial charge in [0.2, 0.25) is 5.91 Å². The maximum atomic E-state index is 13.1. The molecule has 0 aliphatic rings. The van der Waals surface area contributed by atoms with Gasteiger partial charge in [0.15, 0.2) is 0 Å². The number of allylic oxidation sites excluding steroid dienone is 12. The Morgan fingerprint density at radius 3 is 1.54 bits per heavy atom. The lowest BCUT2D eigenvalue weighted by Crippen LogP contribution is -2.46. The van der Waals surface area contributed by atoms with Crippen molar-refractivity contribution in [3.05, 3.63) is 72.9 Å². The first-order valence-corrected chi connectivity index (χ1v) is 23.7. The van der Waals surface area contributed by atoms with Gasteiger partial charge in [-0.25, -0.2) is 0 Å². The summed E-state index contributed by atoms with van der Waals surface area (Å²) >= 11 is 0. The zero-order valence-corrected chi connectivity index (χ0v) is 37.2. The molecule has 0 heterocycles. The molecule has 3 N–H and O–H groups in total. The van der Waals surface area contributed by atoms with E-state index in [4.69, 9.17) is 4.74 Å². The number of nitrogens with one attached hydrogen (secondary N) is 1. The molecule has 3 atom stereocenters. The summed E-state index contributed by atoms with van der Waals surface area (Å²) in [7, 11) is 0. The second kappa shape index (κ2) is 44.4. The molecule has 0 saturated carbocycles. The molecule has 6 heteroatoms. The van der Waals surface area contributed by atoms with Crippen LogP contribution in [0.5, 0.6) is 0 Å². The van der Waals surface area contributed by atoms with Crippen molar-refractivity contribution in [2.75, 3.05) is 6.61 Å². The van der Waals surface area contributed by atoms with Gasteiger partial charge in [-0.1, -0.05) is 209 Å². The maximum Gasteiger partial charge on any atom is 0.306 e. The summed E-state index contributed by atoms with van der Waals surface area (Å²) in [5, 5.41) is 23.6. The van der Waals surface area contributed by atoms with Gasteiger partial charge in [0, 0.05) is 6.42 Å². The van der Waals surface area contributed by atoms with Gasteiger partial charge in [-0.3, -0.25) is 9.59 Å². The van der Waals surface area contributed by atoms with Crippen molar-refractivity contribution in [3.63, 3.8) is 0 Å². The van der Waals surface area contributed by atoms with Crippen LogP contribution >= 0.6 is 0 Å². The Labute approximate surface area is 351 Å². The Morgan fingerprint density at radius 1 is 0.509 bits per heavy atom. The zero-order valence-electron chi connectivity index (χ0n) is 37.2. The van der Waals surface area contributed by atoms with E-state index in [1.807, 2.05) is 24.3 Å². The molecule has 3 unspecified atom stereocenters. The fraction of sp³-hybridized carbons (Fsp3) is 0.725. The Morgan fingerprint density at radius 2 is 0.965 bits per heavy atom. The number of hydrogen-bond donors (Lipinski definition) is 3. The molecule has 0 aromatic carbocycles. The fourth-order valence-electron chi connectivity index (χ4n) is 6.73. The van der Waals surface area contributed by atoms with E-state index in [1.165, 1.54) is 70.6 Å². The van der Waals surface area contributed by atoms with Crippen LogP contribution in [-0.4, -0.2) is 46.9 Å². The Kier molecular flexibility index (Phi) is 42.3. The summed E-state index contributed by atoms with van der Waals surface area (Å²) in [6, 6.07) is -0.712. The highest BCUT2D eigenvalue weighted by Gasteiger charge is 2.24. The molecule has 0 radical (unpaired) electrons. The molecule has 0 bridgehead atoms. The predicted molar refractivity (Wildman–Crippen MR) is 245 cm³/mol. The number of hydrogen-bond acceptors (Lipinski definition) is 5. The SMILES string of the molecule is CCC/C=C/C=C/C=C/C=C/C=C/CCCCCCCC(=O)OC(CCCCC/C=C\CCCC)CC(=O)NC(CO)C(O)CCCCCCCCCCCCC. The van der Waals surface area contributed by atoms with Crippen molar-refractivity contribution in [2.45, 2.75) is 232 Å². The van der Waals surface area contributed by atoms with Crippen LogP contribution in [0.15, 0.2) is 72.9 Å². The highest BCUT2D eigenvalue weighted by atomic mass is 16.5. The van der Waals surface area contributed by atoms with Crippen molar-refractivity contribution in [1.29, 1.82) is 0 Å². The average Bonchev–Trinajstić information content (AvgIpc) is 3.20. The molecule has 6 nitrogen and oxygen atoms in total. The van der Waals surface area contributed by atoms with Crippen LogP contribution in [-0.2, 0) is 14.3 Å². The third-order valence-corrected chi connectivity index (χ3v) is 10.4. The molecule has 0 aromatic heterocycles. The average molecular weight is 796 g/mol. The molecule has 0 aliphatic carbocycles. The summed E-state index contributed by atoms with van der Waals surface area (Å²) in [5.74, 6) is -0.526. The first-order chi connectivity index (χ1) is 28.0. The number of esters is 1. The van der Waals surface area contributed by atoms with Gasteiger partial charge >= 0.3 is 5.97 Å². The monoisotopic (exact) mass is 796 g/mol. The number of rotatable bonds is 41. The van der Waals surface area contributed by atoms with Crippen LogP contribution in [0.4, 0.5) is 0 Å². The molecule has 0 saturated heterocycles. The van der Waals surface area contributed by atoms with Crippen LogP contribution in [0.25, 0.3) is 0 Å². The molecule has 1 amide bonds. The largest absolute Gasteiger partial charge is 0.462 e. The molecule has 57 heavy (non-hydrogen) atoms. The number of aliphatic hydroxyl groups is 2. The van der Waals surface area contributed by atoms with Crippen LogP contribution in [0.1, 0.15) is 213 Å².